The van der Waals surface area contributed by atoms with Crippen LogP contribution < -0.4 is 0 Å². The van der Waals surface area contributed by atoms with Gasteiger partial charge in [0.05, 0.1) is 5.57 Å². The molecule has 0 N–H and O–H groups in total. The zero-order valence-electron chi connectivity index (χ0n) is 7.66. The quantitative estimate of drug-likeness (QED) is 0.359. The molecule has 3 nitrogen and oxygen atoms in total. The summed E-state index contributed by atoms with van der Waals surface area (Å²) in [6, 6.07) is 0. The van der Waals surface area contributed by atoms with Gasteiger partial charge >= 0.3 is 0 Å². The molecule has 72 valence electrons. The van der Waals surface area contributed by atoms with Crippen molar-refractivity contribution in [2.75, 3.05) is 0 Å². The Morgan fingerprint density at radius 1 is 0.786 bits per heavy atom. The Hall–Kier alpha value is -2.03. The van der Waals surface area contributed by atoms with Gasteiger partial charge in [-0.3, -0.25) is 14.4 Å². The lowest BCUT2D eigenvalue weighted by atomic mass is 10.0. The summed E-state index contributed by atoms with van der Waals surface area (Å²) in [5.41, 5.74) is -0.250. The maximum atomic E-state index is 11.1. The van der Waals surface area contributed by atoms with E-state index in [1.165, 1.54) is 0 Å². The van der Waals surface area contributed by atoms with Crippen molar-refractivity contribution in [3.63, 3.8) is 0 Å². The standard InChI is InChI=1S/C11H10O3/c1-4-8(12)7-9(10(13)5-2)11(14)6-3/h4-7H,1-3H2. The maximum absolute atomic E-state index is 11.1. The molecule has 0 rings (SSSR count). The molecule has 0 radical (unpaired) electrons. The van der Waals surface area contributed by atoms with E-state index in [-0.39, 0.29) is 5.57 Å². The van der Waals surface area contributed by atoms with Crippen molar-refractivity contribution in [3.8, 4) is 0 Å². The fourth-order valence-electron chi connectivity index (χ4n) is 0.685. The number of carbonyl (C=O) groups excluding carboxylic acids is 3. The summed E-state index contributed by atoms with van der Waals surface area (Å²) < 4.78 is 0. The molecule has 0 aliphatic carbocycles. The van der Waals surface area contributed by atoms with Crippen molar-refractivity contribution in [1.29, 1.82) is 0 Å². The summed E-state index contributed by atoms with van der Waals surface area (Å²) >= 11 is 0. The van der Waals surface area contributed by atoms with Gasteiger partial charge in [-0.2, -0.15) is 0 Å². The number of ketones is 3. The van der Waals surface area contributed by atoms with E-state index >= 15 is 0 Å². The Bertz CT molecular complexity index is 324. The summed E-state index contributed by atoms with van der Waals surface area (Å²) in [7, 11) is 0. The molecule has 0 atom stereocenters. The summed E-state index contributed by atoms with van der Waals surface area (Å²) in [5, 5.41) is 0. The number of rotatable bonds is 6. The van der Waals surface area contributed by atoms with Gasteiger partial charge in [0.25, 0.3) is 0 Å². The normalized spacial score (nSPS) is 8.29. The van der Waals surface area contributed by atoms with Crippen molar-refractivity contribution in [3.05, 3.63) is 49.6 Å². The lowest BCUT2D eigenvalue weighted by Gasteiger charge is -1.96. The highest BCUT2D eigenvalue weighted by atomic mass is 16.2. The third-order valence-corrected chi connectivity index (χ3v) is 1.39. The second-order valence-electron chi connectivity index (χ2n) is 2.30. The van der Waals surface area contributed by atoms with Crippen molar-refractivity contribution >= 4 is 17.3 Å². The van der Waals surface area contributed by atoms with E-state index in [1.54, 1.807) is 0 Å². The zero-order chi connectivity index (χ0) is 11.1. The Labute approximate surface area is 82.1 Å². The minimum absolute atomic E-state index is 0.250. The summed E-state index contributed by atoms with van der Waals surface area (Å²) in [5.74, 6) is -1.72. The molecular formula is C11H10O3. The van der Waals surface area contributed by atoms with Gasteiger partial charge < -0.3 is 0 Å². The summed E-state index contributed by atoms with van der Waals surface area (Å²) in [4.78, 5) is 33.1. The summed E-state index contributed by atoms with van der Waals surface area (Å²) in [6.45, 7) is 9.65. The number of hydrogen-bond acceptors (Lipinski definition) is 3. The van der Waals surface area contributed by atoms with Crippen molar-refractivity contribution in [2.24, 2.45) is 0 Å². The van der Waals surface area contributed by atoms with Crippen LogP contribution in [0.4, 0.5) is 0 Å². The lowest BCUT2D eigenvalue weighted by Crippen LogP contribution is -2.10. The zero-order valence-corrected chi connectivity index (χ0v) is 7.66. The Morgan fingerprint density at radius 3 is 1.50 bits per heavy atom. The maximum Gasteiger partial charge on any atom is 0.189 e. The first-order chi connectivity index (χ1) is 6.56. The first kappa shape index (κ1) is 12.0. The van der Waals surface area contributed by atoms with Crippen LogP contribution in [-0.4, -0.2) is 17.3 Å². The molecule has 0 saturated heterocycles. The third-order valence-electron chi connectivity index (χ3n) is 1.39. The Balaban J connectivity index is 5.19. The molecule has 0 aromatic carbocycles. The lowest BCUT2D eigenvalue weighted by molar-refractivity contribution is -0.118. The first-order valence-corrected chi connectivity index (χ1v) is 3.78. The van der Waals surface area contributed by atoms with Crippen molar-refractivity contribution < 1.29 is 14.4 Å². The predicted octanol–water partition coefficient (Wildman–Crippen LogP) is 1.18. The molecule has 0 amide bonds. The van der Waals surface area contributed by atoms with E-state index in [1.807, 2.05) is 0 Å². The van der Waals surface area contributed by atoms with Crippen LogP contribution >= 0.6 is 0 Å². The fourth-order valence-corrected chi connectivity index (χ4v) is 0.685. The smallest absolute Gasteiger partial charge is 0.189 e. The fraction of sp³-hybridized carbons (Fsp3) is 0. The molecular weight excluding hydrogens is 180 g/mol. The third kappa shape index (κ3) is 3.15. The molecule has 0 heterocycles. The number of allylic oxidation sites excluding steroid dienone is 5. The molecule has 0 spiro atoms. The van der Waals surface area contributed by atoms with Gasteiger partial charge in [0.15, 0.2) is 17.3 Å². The largest absolute Gasteiger partial charge is 0.290 e. The van der Waals surface area contributed by atoms with Crippen LogP contribution in [0.5, 0.6) is 0 Å². The van der Waals surface area contributed by atoms with Crippen LogP contribution in [-0.2, 0) is 14.4 Å². The molecule has 0 bridgehead atoms. The molecule has 0 unspecified atom stereocenters. The highest BCUT2D eigenvalue weighted by molar-refractivity contribution is 6.29. The molecule has 0 aliphatic heterocycles. The van der Waals surface area contributed by atoms with E-state index in [4.69, 9.17) is 0 Å². The van der Waals surface area contributed by atoms with Crippen LogP contribution in [0.2, 0.25) is 0 Å². The molecule has 14 heavy (non-hydrogen) atoms. The first-order valence-electron chi connectivity index (χ1n) is 3.78. The minimum Gasteiger partial charge on any atom is -0.290 e. The second-order valence-corrected chi connectivity index (χ2v) is 2.30. The van der Waals surface area contributed by atoms with E-state index in [2.05, 4.69) is 19.7 Å². The van der Waals surface area contributed by atoms with Crippen LogP contribution in [0.3, 0.4) is 0 Å². The average Bonchev–Trinajstić information content (AvgIpc) is 2.23. The van der Waals surface area contributed by atoms with Gasteiger partial charge in [0.2, 0.25) is 0 Å². The van der Waals surface area contributed by atoms with E-state index < -0.39 is 17.3 Å². The minimum atomic E-state index is -0.606. The molecule has 0 fully saturated rings. The average molecular weight is 190 g/mol. The van der Waals surface area contributed by atoms with Gasteiger partial charge in [-0.1, -0.05) is 19.7 Å². The van der Waals surface area contributed by atoms with Gasteiger partial charge in [0, 0.05) is 6.08 Å². The predicted molar refractivity (Wildman–Crippen MR) is 53.7 cm³/mol. The monoisotopic (exact) mass is 190 g/mol. The molecule has 0 aromatic rings. The molecule has 3 heteroatoms. The second kappa shape index (κ2) is 5.59. The van der Waals surface area contributed by atoms with Crippen LogP contribution in [0, 0.1) is 0 Å². The molecule has 0 saturated carbocycles. The van der Waals surface area contributed by atoms with E-state index in [0.717, 1.165) is 24.3 Å². The highest BCUT2D eigenvalue weighted by Gasteiger charge is 2.13. The number of carbonyl (C=O) groups is 3. The van der Waals surface area contributed by atoms with Crippen LogP contribution in [0.1, 0.15) is 0 Å². The molecule has 0 aromatic heterocycles. The van der Waals surface area contributed by atoms with Gasteiger partial charge in [-0.05, 0) is 18.2 Å². The van der Waals surface area contributed by atoms with Gasteiger partial charge in [-0.15, -0.1) is 0 Å². The molecule has 0 aliphatic rings. The van der Waals surface area contributed by atoms with Crippen molar-refractivity contribution in [2.45, 2.75) is 0 Å². The van der Waals surface area contributed by atoms with Gasteiger partial charge in [0.1, 0.15) is 0 Å². The topological polar surface area (TPSA) is 51.2 Å². The van der Waals surface area contributed by atoms with Crippen LogP contribution in [0.15, 0.2) is 49.6 Å². The van der Waals surface area contributed by atoms with Crippen LogP contribution in [0.25, 0.3) is 0 Å². The van der Waals surface area contributed by atoms with Crippen molar-refractivity contribution in [1.82, 2.24) is 0 Å². The SMILES string of the molecule is C=CC(=O)C=C(C(=O)C=C)C(=O)C=C. The number of hydrogen-bond donors (Lipinski definition) is 0. The van der Waals surface area contributed by atoms with E-state index in [0.29, 0.717) is 0 Å². The van der Waals surface area contributed by atoms with E-state index in [9.17, 15) is 14.4 Å². The Kier molecular flexibility index (Phi) is 4.78. The summed E-state index contributed by atoms with van der Waals surface area (Å²) in [6.07, 6.45) is 3.85. The van der Waals surface area contributed by atoms with Gasteiger partial charge in [-0.25, -0.2) is 0 Å². The highest BCUT2D eigenvalue weighted by Crippen LogP contribution is 2.01. The Morgan fingerprint density at radius 2 is 1.21 bits per heavy atom.